The number of alkyl halides is 3. The number of rotatable bonds is 4. The molecule has 1 aromatic heterocycles. The molecular weight excluding hydrogens is 539 g/mol. The minimum atomic E-state index is -4.72. The van der Waals surface area contributed by atoms with Gasteiger partial charge in [0, 0.05) is 26.2 Å². The Morgan fingerprint density at radius 2 is 1.68 bits per heavy atom. The maximum absolute atomic E-state index is 14.4. The molecule has 0 saturated carbocycles. The summed E-state index contributed by atoms with van der Waals surface area (Å²) in [6.07, 6.45) is -4.31. The quantitative estimate of drug-likeness (QED) is 0.305. The van der Waals surface area contributed by atoms with E-state index in [0.717, 1.165) is 6.07 Å². The fourth-order valence-electron chi connectivity index (χ4n) is 3.97. The van der Waals surface area contributed by atoms with Gasteiger partial charge in [-0.1, -0.05) is 23.2 Å². The summed E-state index contributed by atoms with van der Waals surface area (Å²) in [6.45, 7) is 2.64. The van der Waals surface area contributed by atoms with Crippen molar-refractivity contribution in [2.24, 2.45) is 0 Å². The summed E-state index contributed by atoms with van der Waals surface area (Å²) < 4.78 is 58.1. The lowest BCUT2D eigenvalue weighted by Gasteiger charge is -2.24. The van der Waals surface area contributed by atoms with E-state index in [9.17, 15) is 27.2 Å². The first kappa shape index (κ1) is 26.9. The smallest absolute Gasteiger partial charge is 0.416 e. The van der Waals surface area contributed by atoms with Crippen LogP contribution >= 0.6 is 23.2 Å². The van der Waals surface area contributed by atoms with Crippen LogP contribution in [0.4, 0.5) is 23.4 Å². The number of aromatic nitrogens is 2. The van der Waals surface area contributed by atoms with Gasteiger partial charge in [-0.3, -0.25) is 4.79 Å². The third-order valence-electron chi connectivity index (χ3n) is 5.77. The van der Waals surface area contributed by atoms with Crippen molar-refractivity contribution in [2.75, 3.05) is 37.7 Å². The van der Waals surface area contributed by atoms with Crippen LogP contribution in [0.25, 0.3) is 11.0 Å². The Morgan fingerprint density at radius 1 is 1.00 bits per heavy atom. The number of carbonyl (C=O) groups is 2. The van der Waals surface area contributed by atoms with E-state index >= 15 is 0 Å². The Bertz CT molecular complexity index is 1370. The zero-order chi connectivity index (χ0) is 26.9. The van der Waals surface area contributed by atoms with Gasteiger partial charge < -0.3 is 14.5 Å². The molecule has 37 heavy (non-hydrogen) atoms. The van der Waals surface area contributed by atoms with Crippen molar-refractivity contribution in [2.45, 2.75) is 19.5 Å². The lowest BCUT2D eigenvalue weighted by atomic mass is 10.1. The van der Waals surface area contributed by atoms with E-state index in [1.807, 2.05) is 0 Å². The van der Waals surface area contributed by atoms with Gasteiger partial charge >= 0.3 is 12.1 Å². The number of hydrogen-bond donors (Lipinski definition) is 0. The molecule has 4 rings (SSSR count). The number of carbonyl (C=O) groups excluding carboxylic acids is 2. The Balaban J connectivity index is 1.61. The summed E-state index contributed by atoms with van der Waals surface area (Å²) >= 11 is 12.2. The summed E-state index contributed by atoms with van der Waals surface area (Å²) in [5.74, 6) is -2.45. The third kappa shape index (κ3) is 5.72. The normalized spacial score (nSPS) is 14.6. The molecule has 0 N–H and O–H groups in total. The minimum Gasteiger partial charge on any atom is -0.461 e. The van der Waals surface area contributed by atoms with Crippen molar-refractivity contribution in [1.82, 2.24) is 14.9 Å². The first-order valence-electron chi connectivity index (χ1n) is 11.2. The van der Waals surface area contributed by atoms with Crippen LogP contribution in [0.5, 0.6) is 0 Å². The number of esters is 1. The van der Waals surface area contributed by atoms with E-state index < -0.39 is 35.0 Å². The number of nitrogens with zero attached hydrogens (tertiary/aromatic N) is 4. The third-order valence-corrected chi connectivity index (χ3v) is 6.49. The second kappa shape index (κ2) is 10.7. The van der Waals surface area contributed by atoms with E-state index in [1.165, 1.54) is 17.0 Å². The van der Waals surface area contributed by atoms with Crippen molar-refractivity contribution < 1.29 is 31.9 Å². The molecule has 0 radical (unpaired) electrons. The molecule has 2 heterocycles. The molecule has 0 atom stereocenters. The van der Waals surface area contributed by atoms with Gasteiger partial charge in [0.15, 0.2) is 11.5 Å². The fraction of sp³-hybridized carbons (Fsp3) is 0.333. The van der Waals surface area contributed by atoms with Crippen molar-refractivity contribution in [3.63, 3.8) is 0 Å². The second-order valence-corrected chi connectivity index (χ2v) is 9.01. The highest BCUT2D eigenvalue weighted by Crippen LogP contribution is 2.31. The second-order valence-electron chi connectivity index (χ2n) is 8.20. The first-order chi connectivity index (χ1) is 17.5. The van der Waals surface area contributed by atoms with E-state index in [4.69, 9.17) is 27.9 Å². The van der Waals surface area contributed by atoms with Gasteiger partial charge in [-0.15, -0.1) is 0 Å². The van der Waals surface area contributed by atoms with Crippen LogP contribution in [0.3, 0.4) is 0 Å². The SMILES string of the molecule is CCOC(=O)c1nc2cc(Cl)c(Cl)cc2nc1N1CCCN(C(=O)c2ccc(C(F)(F)F)cc2F)CC1. The van der Waals surface area contributed by atoms with Crippen LogP contribution in [0.2, 0.25) is 10.0 Å². The highest BCUT2D eigenvalue weighted by molar-refractivity contribution is 6.42. The highest BCUT2D eigenvalue weighted by atomic mass is 35.5. The van der Waals surface area contributed by atoms with Crippen molar-refractivity contribution in [1.29, 1.82) is 0 Å². The van der Waals surface area contributed by atoms with Crippen LogP contribution in [-0.4, -0.2) is 59.5 Å². The molecule has 7 nitrogen and oxygen atoms in total. The van der Waals surface area contributed by atoms with Crippen LogP contribution in [0.1, 0.15) is 39.8 Å². The maximum atomic E-state index is 14.4. The average molecular weight is 559 g/mol. The summed E-state index contributed by atoms with van der Waals surface area (Å²) in [6, 6.07) is 4.83. The Hall–Kier alpha value is -3.18. The Labute approximate surface area is 218 Å². The van der Waals surface area contributed by atoms with Crippen LogP contribution in [0, 0.1) is 5.82 Å². The zero-order valence-electron chi connectivity index (χ0n) is 19.4. The summed E-state index contributed by atoms with van der Waals surface area (Å²) in [4.78, 5) is 37.7. The summed E-state index contributed by atoms with van der Waals surface area (Å²) in [5.41, 5.74) is -0.939. The molecule has 13 heteroatoms. The largest absolute Gasteiger partial charge is 0.461 e. The average Bonchev–Trinajstić information content (AvgIpc) is 3.09. The number of halogens is 6. The van der Waals surface area contributed by atoms with Gasteiger partial charge in [-0.25, -0.2) is 19.2 Å². The molecule has 3 aromatic rings. The Kier molecular flexibility index (Phi) is 7.75. The van der Waals surface area contributed by atoms with Gasteiger partial charge in [0.25, 0.3) is 5.91 Å². The van der Waals surface area contributed by atoms with Crippen LogP contribution in [0.15, 0.2) is 30.3 Å². The summed E-state index contributed by atoms with van der Waals surface area (Å²) in [7, 11) is 0. The molecule has 196 valence electrons. The van der Waals surface area contributed by atoms with Gasteiger partial charge in [0.05, 0.1) is 38.8 Å². The topological polar surface area (TPSA) is 75.6 Å². The molecular formula is C24H20Cl2F4N4O3. The van der Waals surface area contributed by atoms with Crippen LogP contribution < -0.4 is 4.90 Å². The molecule has 1 aliphatic heterocycles. The minimum absolute atomic E-state index is 0.0405. The fourth-order valence-corrected chi connectivity index (χ4v) is 4.28. The monoisotopic (exact) mass is 558 g/mol. The van der Waals surface area contributed by atoms with E-state index in [0.29, 0.717) is 36.1 Å². The van der Waals surface area contributed by atoms with Gasteiger partial charge in [0.2, 0.25) is 0 Å². The molecule has 0 bridgehead atoms. The predicted molar refractivity (Wildman–Crippen MR) is 130 cm³/mol. The molecule has 1 saturated heterocycles. The lowest BCUT2D eigenvalue weighted by Crippen LogP contribution is -2.36. The summed E-state index contributed by atoms with van der Waals surface area (Å²) in [5, 5.41) is 0.495. The van der Waals surface area contributed by atoms with Crippen LogP contribution in [-0.2, 0) is 10.9 Å². The predicted octanol–water partition coefficient (Wildman–Crippen LogP) is 5.62. The zero-order valence-corrected chi connectivity index (χ0v) is 20.9. The highest BCUT2D eigenvalue weighted by Gasteiger charge is 2.33. The number of ether oxygens (including phenoxy) is 1. The molecule has 0 aliphatic carbocycles. The molecule has 1 aliphatic rings. The lowest BCUT2D eigenvalue weighted by molar-refractivity contribution is -0.137. The van der Waals surface area contributed by atoms with Gasteiger partial charge in [-0.05, 0) is 43.7 Å². The molecule has 1 fully saturated rings. The number of anilines is 1. The van der Waals surface area contributed by atoms with Gasteiger partial charge in [-0.2, -0.15) is 13.2 Å². The number of amides is 1. The molecule has 2 aromatic carbocycles. The van der Waals surface area contributed by atoms with Gasteiger partial charge in [0.1, 0.15) is 5.82 Å². The maximum Gasteiger partial charge on any atom is 0.416 e. The molecule has 0 unspecified atom stereocenters. The van der Waals surface area contributed by atoms with Crippen molar-refractivity contribution in [3.05, 3.63) is 63.0 Å². The number of fused-ring (bicyclic) bond motifs is 1. The standard InChI is InChI=1S/C24H20Cl2F4N4O3/c1-2-37-23(36)20-21(32-19-12-16(26)15(25)11-18(19)31-20)33-6-3-7-34(9-8-33)22(35)14-5-4-13(10-17(14)27)24(28,29)30/h4-5,10-12H,2-3,6-9H2,1H3. The van der Waals surface area contributed by atoms with E-state index in [1.54, 1.807) is 11.8 Å². The van der Waals surface area contributed by atoms with E-state index in [2.05, 4.69) is 9.97 Å². The number of hydrogen-bond acceptors (Lipinski definition) is 6. The molecule has 1 amide bonds. The van der Waals surface area contributed by atoms with E-state index in [-0.39, 0.29) is 47.8 Å². The van der Waals surface area contributed by atoms with Crippen molar-refractivity contribution >= 4 is 51.9 Å². The number of benzene rings is 2. The first-order valence-corrected chi connectivity index (χ1v) is 12.0. The molecule has 0 spiro atoms. The Morgan fingerprint density at radius 3 is 2.30 bits per heavy atom. The van der Waals surface area contributed by atoms with Crippen molar-refractivity contribution in [3.8, 4) is 0 Å².